The van der Waals surface area contributed by atoms with Gasteiger partial charge in [-0.1, -0.05) is 29.8 Å². The lowest BCUT2D eigenvalue weighted by Crippen LogP contribution is -2.38. The molecule has 1 N–H and O–H groups in total. The van der Waals surface area contributed by atoms with Crippen molar-refractivity contribution in [3.63, 3.8) is 0 Å². The molecule has 144 valence electrons. The van der Waals surface area contributed by atoms with Crippen LogP contribution in [0, 0.1) is 6.92 Å². The number of anilines is 1. The van der Waals surface area contributed by atoms with Crippen molar-refractivity contribution in [2.24, 2.45) is 0 Å². The number of nitrogens with one attached hydrogen (secondary N) is 1. The molecule has 0 aliphatic carbocycles. The molecular formula is C20H17ClN2O5. The van der Waals surface area contributed by atoms with Crippen molar-refractivity contribution in [1.29, 1.82) is 0 Å². The molecule has 2 aromatic rings. The Hall–Kier alpha value is -3.19. The van der Waals surface area contributed by atoms with Gasteiger partial charge in [0.05, 0.1) is 11.1 Å². The van der Waals surface area contributed by atoms with Gasteiger partial charge in [0, 0.05) is 10.7 Å². The fraction of sp³-hybridized carbons (Fsp3) is 0.200. The lowest BCUT2D eigenvalue weighted by Gasteiger charge is -2.17. The van der Waals surface area contributed by atoms with Gasteiger partial charge in [0.1, 0.15) is 6.54 Å². The van der Waals surface area contributed by atoms with E-state index in [2.05, 4.69) is 5.32 Å². The SMILES string of the molecule is Cc1ccc(Cl)cc1NC(=O)[C@@H](C)OC(=O)CN1C(=O)c2ccccc2C1=O. The van der Waals surface area contributed by atoms with Crippen LogP contribution in [0.15, 0.2) is 42.5 Å². The Bertz CT molecular complexity index is 953. The molecule has 1 aliphatic heterocycles. The van der Waals surface area contributed by atoms with Crippen molar-refractivity contribution in [3.8, 4) is 0 Å². The smallest absolute Gasteiger partial charge is 0.326 e. The minimum absolute atomic E-state index is 0.238. The predicted octanol–water partition coefficient (Wildman–Crippen LogP) is 2.81. The number of aryl methyl sites for hydroxylation is 1. The zero-order chi connectivity index (χ0) is 20.4. The fourth-order valence-corrected chi connectivity index (χ4v) is 2.94. The van der Waals surface area contributed by atoms with Gasteiger partial charge in [-0.3, -0.25) is 24.1 Å². The van der Waals surface area contributed by atoms with E-state index in [0.29, 0.717) is 10.7 Å². The molecule has 3 amide bonds. The fourth-order valence-electron chi connectivity index (χ4n) is 2.76. The third-order valence-corrected chi connectivity index (χ3v) is 4.54. The van der Waals surface area contributed by atoms with Crippen LogP contribution >= 0.6 is 11.6 Å². The number of esters is 1. The van der Waals surface area contributed by atoms with Crippen LogP contribution in [0.25, 0.3) is 0 Å². The summed E-state index contributed by atoms with van der Waals surface area (Å²) >= 11 is 5.92. The van der Waals surface area contributed by atoms with Crippen LogP contribution in [-0.4, -0.2) is 41.2 Å². The van der Waals surface area contributed by atoms with Crippen molar-refractivity contribution in [3.05, 3.63) is 64.2 Å². The Morgan fingerprint density at radius 2 is 1.71 bits per heavy atom. The quantitative estimate of drug-likeness (QED) is 0.615. The first kappa shape index (κ1) is 19.6. The minimum atomic E-state index is -1.12. The van der Waals surface area contributed by atoms with Crippen molar-refractivity contribution >= 4 is 41.0 Å². The summed E-state index contributed by atoms with van der Waals surface area (Å²) in [6.45, 7) is 2.63. The molecular weight excluding hydrogens is 384 g/mol. The number of hydrogen-bond donors (Lipinski definition) is 1. The van der Waals surface area contributed by atoms with Gasteiger partial charge in [0.25, 0.3) is 17.7 Å². The number of ether oxygens (including phenoxy) is 1. The Balaban J connectivity index is 1.60. The van der Waals surface area contributed by atoms with E-state index in [1.807, 2.05) is 0 Å². The van der Waals surface area contributed by atoms with Crippen LogP contribution in [0.2, 0.25) is 5.02 Å². The standard InChI is InChI=1S/C20H17ClN2O5/c1-11-7-8-13(21)9-16(11)22-18(25)12(2)28-17(24)10-23-19(26)14-5-3-4-6-15(14)20(23)27/h3-9,12H,10H2,1-2H3,(H,22,25)/t12-/m1/s1. The van der Waals surface area contributed by atoms with Crippen LogP contribution in [-0.2, 0) is 14.3 Å². The zero-order valence-corrected chi connectivity index (χ0v) is 15.9. The number of carbonyl (C=O) groups is 4. The van der Waals surface area contributed by atoms with Gasteiger partial charge in [-0.15, -0.1) is 0 Å². The maximum Gasteiger partial charge on any atom is 0.326 e. The van der Waals surface area contributed by atoms with E-state index in [1.54, 1.807) is 37.3 Å². The number of imide groups is 1. The van der Waals surface area contributed by atoms with Crippen molar-refractivity contribution in [2.45, 2.75) is 20.0 Å². The molecule has 1 heterocycles. The topological polar surface area (TPSA) is 92.8 Å². The second-order valence-electron chi connectivity index (χ2n) is 6.32. The van der Waals surface area contributed by atoms with Gasteiger partial charge in [-0.05, 0) is 43.7 Å². The Morgan fingerprint density at radius 1 is 1.11 bits per heavy atom. The molecule has 3 rings (SSSR count). The normalized spacial score (nSPS) is 13.9. The van der Waals surface area contributed by atoms with Crippen molar-refractivity contribution in [2.75, 3.05) is 11.9 Å². The largest absolute Gasteiger partial charge is 0.451 e. The molecule has 0 spiro atoms. The number of rotatable bonds is 5. The summed E-state index contributed by atoms with van der Waals surface area (Å²) in [5.74, 6) is -2.55. The van der Waals surface area contributed by atoms with E-state index >= 15 is 0 Å². The summed E-state index contributed by atoms with van der Waals surface area (Å²) in [5, 5.41) is 3.09. The van der Waals surface area contributed by atoms with E-state index in [4.69, 9.17) is 16.3 Å². The van der Waals surface area contributed by atoms with Crippen molar-refractivity contribution < 1.29 is 23.9 Å². The van der Waals surface area contributed by atoms with Crippen LogP contribution in [0.3, 0.4) is 0 Å². The average Bonchev–Trinajstić information content (AvgIpc) is 2.90. The molecule has 0 saturated carbocycles. The summed E-state index contributed by atoms with van der Waals surface area (Å²) in [5.41, 5.74) is 1.77. The van der Waals surface area contributed by atoms with Gasteiger partial charge < -0.3 is 10.1 Å². The zero-order valence-electron chi connectivity index (χ0n) is 15.2. The van der Waals surface area contributed by atoms with Crippen LogP contribution in [0.4, 0.5) is 5.69 Å². The first-order valence-electron chi connectivity index (χ1n) is 8.49. The molecule has 0 aromatic heterocycles. The van der Waals surface area contributed by atoms with Gasteiger partial charge in [0.2, 0.25) is 0 Å². The number of halogens is 1. The highest BCUT2D eigenvalue weighted by Crippen LogP contribution is 2.23. The Labute approximate surface area is 166 Å². The molecule has 7 nitrogen and oxygen atoms in total. The second-order valence-corrected chi connectivity index (χ2v) is 6.76. The lowest BCUT2D eigenvalue weighted by molar-refractivity contribution is -0.153. The van der Waals surface area contributed by atoms with E-state index in [1.165, 1.54) is 19.1 Å². The summed E-state index contributed by atoms with van der Waals surface area (Å²) in [7, 11) is 0. The van der Waals surface area contributed by atoms with Gasteiger partial charge in [-0.2, -0.15) is 0 Å². The molecule has 0 fully saturated rings. The predicted molar refractivity (Wildman–Crippen MR) is 102 cm³/mol. The minimum Gasteiger partial charge on any atom is -0.451 e. The van der Waals surface area contributed by atoms with E-state index < -0.39 is 36.3 Å². The number of fused-ring (bicyclic) bond motifs is 1. The maximum atomic E-state index is 12.3. The summed E-state index contributed by atoms with van der Waals surface area (Å²) in [4.78, 5) is 49.8. The van der Waals surface area contributed by atoms with Crippen molar-refractivity contribution in [1.82, 2.24) is 4.90 Å². The number of benzene rings is 2. The average molecular weight is 401 g/mol. The molecule has 0 unspecified atom stereocenters. The number of amides is 3. The Morgan fingerprint density at radius 3 is 2.32 bits per heavy atom. The van der Waals surface area contributed by atoms with Crippen LogP contribution < -0.4 is 5.32 Å². The molecule has 0 radical (unpaired) electrons. The monoisotopic (exact) mass is 400 g/mol. The summed E-state index contributed by atoms with van der Waals surface area (Å²) in [6, 6.07) is 11.3. The highest BCUT2D eigenvalue weighted by Gasteiger charge is 2.37. The molecule has 2 aromatic carbocycles. The molecule has 0 bridgehead atoms. The first-order chi connectivity index (χ1) is 13.3. The third-order valence-electron chi connectivity index (χ3n) is 4.30. The highest BCUT2D eigenvalue weighted by atomic mass is 35.5. The van der Waals surface area contributed by atoms with Gasteiger partial charge in [-0.25, -0.2) is 0 Å². The van der Waals surface area contributed by atoms with E-state index in [-0.39, 0.29) is 11.1 Å². The van der Waals surface area contributed by atoms with Gasteiger partial charge >= 0.3 is 5.97 Å². The number of nitrogens with zero attached hydrogens (tertiary/aromatic N) is 1. The van der Waals surface area contributed by atoms with Crippen LogP contribution in [0.1, 0.15) is 33.2 Å². The third kappa shape index (κ3) is 3.89. The second kappa shape index (κ2) is 7.82. The molecule has 1 aliphatic rings. The van der Waals surface area contributed by atoms with E-state index in [0.717, 1.165) is 10.5 Å². The number of carbonyl (C=O) groups excluding carboxylic acids is 4. The molecule has 28 heavy (non-hydrogen) atoms. The molecule has 1 atom stereocenters. The summed E-state index contributed by atoms with van der Waals surface area (Å²) in [6.07, 6.45) is -1.12. The summed E-state index contributed by atoms with van der Waals surface area (Å²) < 4.78 is 5.08. The highest BCUT2D eigenvalue weighted by molar-refractivity contribution is 6.31. The van der Waals surface area contributed by atoms with E-state index in [9.17, 15) is 19.2 Å². The molecule has 0 saturated heterocycles. The first-order valence-corrected chi connectivity index (χ1v) is 8.87. The maximum absolute atomic E-state index is 12.3. The lowest BCUT2D eigenvalue weighted by atomic mass is 10.1. The molecule has 8 heteroatoms. The van der Waals surface area contributed by atoms with Gasteiger partial charge in [0.15, 0.2) is 6.10 Å². The Kier molecular flexibility index (Phi) is 5.46. The number of hydrogen-bond acceptors (Lipinski definition) is 5. The van der Waals surface area contributed by atoms with Crippen LogP contribution in [0.5, 0.6) is 0 Å².